The van der Waals surface area contributed by atoms with Gasteiger partial charge < -0.3 is 16.4 Å². The van der Waals surface area contributed by atoms with E-state index in [1.54, 1.807) is 36.4 Å². The van der Waals surface area contributed by atoms with E-state index in [4.69, 9.17) is 5.73 Å². The first-order valence-corrected chi connectivity index (χ1v) is 7.86. The van der Waals surface area contributed by atoms with Crippen molar-refractivity contribution in [1.29, 1.82) is 0 Å². The highest BCUT2D eigenvalue weighted by Crippen LogP contribution is 2.23. The predicted octanol–water partition coefficient (Wildman–Crippen LogP) is 2.45. The first kappa shape index (κ1) is 15.7. The van der Waals surface area contributed by atoms with Crippen LogP contribution in [0.15, 0.2) is 40.2 Å². The van der Waals surface area contributed by atoms with Gasteiger partial charge in [0.1, 0.15) is 0 Å². The maximum absolute atomic E-state index is 12.1. The zero-order chi connectivity index (χ0) is 15.2. The van der Waals surface area contributed by atoms with Crippen molar-refractivity contribution in [1.82, 2.24) is 5.32 Å². The molecule has 21 heavy (non-hydrogen) atoms. The van der Waals surface area contributed by atoms with Crippen molar-refractivity contribution in [2.24, 2.45) is 5.73 Å². The molecule has 0 bridgehead atoms. The Morgan fingerprint density at radius 2 is 1.90 bits per heavy atom. The lowest BCUT2D eigenvalue weighted by atomic mass is 10.1. The molecule has 0 saturated heterocycles. The Labute approximate surface area is 134 Å². The lowest BCUT2D eigenvalue weighted by Crippen LogP contribution is -2.29. The largest absolute Gasteiger partial charge is 0.351 e. The summed E-state index contributed by atoms with van der Waals surface area (Å²) in [6.07, 6.45) is 0. The molecule has 0 aliphatic carbocycles. The minimum atomic E-state index is -0.260. The van der Waals surface area contributed by atoms with E-state index in [2.05, 4.69) is 26.6 Å². The van der Waals surface area contributed by atoms with Crippen LogP contribution in [-0.4, -0.2) is 24.9 Å². The van der Waals surface area contributed by atoms with Gasteiger partial charge in [0.15, 0.2) is 0 Å². The molecule has 1 aromatic carbocycles. The highest BCUT2D eigenvalue weighted by atomic mass is 79.9. The van der Waals surface area contributed by atoms with Crippen LogP contribution in [0.3, 0.4) is 0 Å². The second-order valence-corrected chi connectivity index (χ2v) is 6.61. The summed E-state index contributed by atoms with van der Waals surface area (Å²) in [4.78, 5) is 24.7. The van der Waals surface area contributed by atoms with Crippen molar-refractivity contribution < 1.29 is 9.59 Å². The number of amides is 2. The van der Waals surface area contributed by atoms with E-state index < -0.39 is 0 Å². The van der Waals surface area contributed by atoms with Crippen LogP contribution in [0.5, 0.6) is 0 Å². The fraction of sp³-hybridized carbons (Fsp3) is 0.143. The zero-order valence-corrected chi connectivity index (χ0v) is 13.5. The van der Waals surface area contributed by atoms with Crippen LogP contribution in [0.4, 0.5) is 5.69 Å². The second-order valence-electron chi connectivity index (χ2n) is 4.15. The van der Waals surface area contributed by atoms with Crippen molar-refractivity contribution in [2.45, 2.75) is 0 Å². The fourth-order valence-electron chi connectivity index (χ4n) is 1.69. The van der Waals surface area contributed by atoms with Crippen LogP contribution < -0.4 is 16.4 Å². The molecule has 2 rings (SSSR count). The first-order valence-electron chi connectivity index (χ1n) is 6.26. The average Bonchev–Trinajstić information content (AvgIpc) is 2.92. The monoisotopic (exact) mass is 367 g/mol. The van der Waals surface area contributed by atoms with Gasteiger partial charge in [0.25, 0.3) is 11.8 Å². The highest BCUT2D eigenvalue weighted by Gasteiger charge is 2.14. The molecule has 0 unspecified atom stereocenters. The van der Waals surface area contributed by atoms with Gasteiger partial charge in [-0.3, -0.25) is 9.59 Å². The van der Waals surface area contributed by atoms with E-state index in [-0.39, 0.29) is 11.8 Å². The topological polar surface area (TPSA) is 84.2 Å². The van der Waals surface area contributed by atoms with Crippen LogP contribution in [0.1, 0.15) is 20.0 Å². The summed E-state index contributed by atoms with van der Waals surface area (Å²) in [5.74, 6) is -0.506. The molecular weight excluding hydrogens is 354 g/mol. The van der Waals surface area contributed by atoms with Crippen LogP contribution in [-0.2, 0) is 0 Å². The van der Waals surface area contributed by atoms with Gasteiger partial charge in [0.2, 0.25) is 0 Å². The molecule has 1 heterocycles. The molecule has 1 aromatic heterocycles. The van der Waals surface area contributed by atoms with Gasteiger partial charge in [-0.15, -0.1) is 11.3 Å². The van der Waals surface area contributed by atoms with Gasteiger partial charge in [-0.05, 0) is 40.2 Å². The third-order valence-electron chi connectivity index (χ3n) is 2.65. The first-order chi connectivity index (χ1) is 10.1. The number of hydrogen-bond donors (Lipinski definition) is 3. The van der Waals surface area contributed by atoms with Crippen molar-refractivity contribution in [3.63, 3.8) is 0 Å². The Kier molecular flexibility index (Phi) is 5.49. The highest BCUT2D eigenvalue weighted by molar-refractivity contribution is 9.11. The standard InChI is InChI=1S/C14H14BrN3O2S/c15-12-6-5-11(21-12)14(20)18-10-4-2-1-3-9(10)13(19)17-8-7-16/h1-6H,7-8,16H2,(H,17,19)(H,18,20). The third kappa shape index (κ3) is 4.13. The lowest BCUT2D eigenvalue weighted by molar-refractivity contribution is 0.0955. The molecule has 0 radical (unpaired) electrons. The summed E-state index contributed by atoms with van der Waals surface area (Å²) in [7, 11) is 0. The summed E-state index contributed by atoms with van der Waals surface area (Å²) in [6, 6.07) is 10.4. The van der Waals surface area contributed by atoms with E-state index in [1.165, 1.54) is 11.3 Å². The molecule has 0 spiro atoms. The van der Waals surface area contributed by atoms with Crippen LogP contribution in [0.25, 0.3) is 0 Å². The minimum absolute atomic E-state index is 0.246. The van der Waals surface area contributed by atoms with Crippen LogP contribution >= 0.6 is 27.3 Å². The number of nitrogens with two attached hydrogens (primary N) is 1. The SMILES string of the molecule is NCCNC(=O)c1ccccc1NC(=O)c1ccc(Br)s1. The quantitative estimate of drug-likeness (QED) is 0.758. The molecule has 110 valence electrons. The molecule has 2 amide bonds. The maximum Gasteiger partial charge on any atom is 0.265 e. The number of thiophene rings is 1. The number of halogens is 1. The number of para-hydroxylation sites is 1. The van der Waals surface area contributed by atoms with Gasteiger partial charge in [-0.1, -0.05) is 12.1 Å². The number of rotatable bonds is 5. The molecule has 0 atom stereocenters. The van der Waals surface area contributed by atoms with Gasteiger partial charge in [0, 0.05) is 13.1 Å². The van der Waals surface area contributed by atoms with Crippen molar-refractivity contribution in [3.05, 3.63) is 50.6 Å². The van der Waals surface area contributed by atoms with Gasteiger partial charge in [-0.25, -0.2) is 0 Å². The second kappa shape index (κ2) is 7.35. The Morgan fingerprint density at radius 3 is 2.57 bits per heavy atom. The molecule has 0 aliphatic rings. The summed E-state index contributed by atoms with van der Waals surface area (Å²) >= 11 is 4.65. The summed E-state index contributed by atoms with van der Waals surface area (Å²) in [6.45, 7) is 0.752. The molecule has 0 saturated carbocycles. The Hall–Kier alpha value is -1.70. The van der Waals surface area contributed by atoms with E-state index in [0.29, 0.717) is 29.2 Å². The molecular formula is C14H14BrN3O2S. The Balaban J connectivity index is 2.16. The fourth-order valence-corrected chi connectivity index (χ4v) is 2.97. The van der Waals surface area contributed by atoms with Gasteiger partial charge >= 0.3 is 0 Å². The summed E-state index contributed by atoms with van der Waals surface area (Å²) in [5.41, 5.74) is 6.25. The minimum Gasteiger partial charge on any atom is -0.351 e. The number of nitrogens with one attached hydrogen (secondary N) is 2. The third-order valence-corrected chi connectivity index (χ3v) is 4.27. The van der Waals surface area contributed by atoms with Crippen LogP contribution in [0, 0.1) is 0 Å². The predicted molar refractivity (Wildman–Crippen MR) is 87.8 cm³/mol. The lowest BCUT2D eigenvalue weighted by Gasteiger charge is -2.10. The van der Waals surface area contributed by atoms with E-state index >= 15 is 0 Å². The molecule has 7 heteroatoms. The van der Waals surface area contributed by atoms with E-state index in [0.717, 1.165) is 3.79 Å². The van der Waals surface area contributed by atoms with Crippen LogP contribution in [0.2, 0.25) is 0 Å². The normalized spacial score (nSPS) is 10.2. The number of benzene rings is 1. The van der Waals surface area contributed by atoms with Crippen molar-refractivity contribution >= 4 is 44.8 Å². The number of carbonyl (C=O) groups excluding carboxylic acids is 2. The van der Waals surface area contributed by atoms with Crippen molar-refractivity contribution in [2.75, 3.05) is 18.4 Å². The van der Waals surface area contributed by atoms with Gasteiger partial charge in [-0.2, -0.15) is 0 Å². The number of anilines is 1. The molecule has 5 nitrogen and oxygen atoms in total. The smallest absolute Gasteiger partial charge is 0.265 e. The van der Waals surface area contributed by atoms with E-state index in [1.807, 2.05) is 0 Å². The zero-order valence-electron chi connectivity index (χ0n) is 11.1. The number of hydrogen-bond acceptors (Lipinski definition) is 4. The Morgan fingerprint density at radius 1 is 1.14 bits per heavy atom. The van der Waals surface area contributed by atoms with Crippen molar-refractivity contribution in [3.8, 4) is 0 Å². The summed E-state index contributed by atoms with van der Waals surface area (Å²) in [5, 5.41) is 5.44. The number of carbonyl (C=O) groups is 2. The average molecular weight is 368 g/mol. The molecule has 4 N–H and O–H groups in total. The summed E-state index contributed by atoms with van der Waals surface area (Å²) < 4.78 is 0.877. The molecule has 2 aromatic rings. The molecule has 0 fully saturated rings. The maximum atomic E-state index is 12.1. The van der Waals surface area contributed by atoms with Gasteiger partial charge in [0.05, 0.1) is 19.9 Å². The van der Waals surface area contributed by atoms with E-state index in [9.17, 15) is 9.59 Å². The Bertz CT molecular complexity index is 657. The molecule has 0 aliphatic heterocycles.